The van der Waals surface area contributed by atoms with Gasteiger partial charge in [-0.2, -0.15) is 13.2 Å². The van der Waals surface area contributed by atoms with Crippen LogP contribution in [0, 0.1) is 5.92 Å². The molecule has 0 radical (unpaired) electrons. The number of carbonyl (C=O) groups is 2. The minimum absolute atomic E-state index is 0.388. The lowest BCUT2D eigenvalue weighted by Gasteiger charge is -2.26. The number of urea groups is 1. The number of nitrogens with zero attached hydrogens (tertiary/aromatic N) is 1. The van der Waals surface area contributed by atoms with Gasteiger partial charge in [-0.05, 0) is 12.8 Å². The van der Waals surface area contributed by atoms with E-state index in [0.717, 1.165) is 0 Å². The third kappa shape index (κ3) is 4.87. The Balaban J connectivity index is 2.63. The van der Waals surface area contributed by atoms with Gasteiger partial charge in [-0.15, -0.1) is 0 Å². The Hall–Kier alpha value is -1.51. The normalized spacial score (nSPS) is 22.6. The van der Waals surface area contributed by atoms with E-state index >= 15 is 0 Å². The smallest absolute Gasteiger partial charge is 0.406 e. The average Bonchev–Trinajstić information content (AvgIpc) is 2.74. The van der Waals surface area contributed by atoms with Crippen molar-refractivity contribution in [1.29, 1.82) is 0 Å². The van der Waals surface area contributed by atoms with E-state index in [1.54, 1.807) is 0 Å². The molecule has 0 bridgehead atoms. The van der Waals surface area contributed by atoms with Crippen LogP contribution in [0.3, 0.4) is 0 Å². The highest BCUT2D eigenvalue weighted by Gasteiger charge is 2.37. The van der Waals surface area contributed by atoms with Gasteiger partial charge in [0.1, 0.15) is 6.54 Å². The summed E-state index contributed by atoms with van der Waals surface area (Å²) in [5.41, 5.74) is 0. The SMILES string of the molecule is O=C(O)C1CCCC1NC(=O)N(CCO)CC(F)(F)F. The second kappa shape index (κ2) is 6.78. The number of carboxylic acids is 1. The van der Waals surface area contributed by atoms with Crippen molar-refractivity contribution in [2.24, 2.45) is 5.92 Å². The summed E-state index contributed by atoms with van der Waals surface area (Å²) < 4.78 is 36.9. The van der Waals surface area contributed by atoms with E-state index in [1.165, 1.54) is 0 Å². The van der Waals surface area contributed by atoms with Crippen LogP contribution in [0.5, 0.6) is 0 Å². The Kier molecular flexibility index (Phi) is 5.61. The molecule has 3 N–H and O–H groups in total. The van der Waals surface area contributed by atoms with E-state index in [1.807, 2.05) is 0 Å². The van der Waals surface area contributed by atoms with Crippen LogP contribution in [0.25, 0.3) is 0 Å². The molecule has 6 nitrogen and oxygen atoms in total. The van der Waals surface area contributed by atoms with Crippen LogP contribution >= 0.6 is 0 Å². The molecule has 9 heteroatoms. The number of carbonyl (C=O) groups excluding carboxylic acids is 1. The van der Waals surface area contributed by atoms with E-state index in [2.05, 4.69) is 5.32 Å². The predicted molar refractivity (Wildman–Crippen MR) is 62.0 cm³/mol. The maximum absolute atomic E-state index is 12.3. The fraction of sp³-hybridized carbons (Fsp3) is 0.818. The van der Waals surface area contributed by atoms with Gasteiger partial charge in [0.15, 0.2) is 0 Å². The molecule has 2 amide bonds. The first kappa shape index (κ1) is 16.5. The van der Waals surface area contributed by atoms with Crippen LogP contribution in [0.15, 0.2) is 0 Å². The number of aliphatic hydroxyl groups excluding tert-OH is 1. The molecule has 0 heterocycles. The Bertz CT molecular complexity index is 362. The topological polar surface area (TPSA) is 89.9 Å². The van der Waals surface area contributed by atoms with Gasteiger partial charge in [0, 0.05) is 12.6 Å². The summed E-state index contributed by atoms with van der Waals surface area (Å²) in [4.78, 5) is 23.1. The molecule has 0 aromatic rings. The van der Waals surface area contributed by atoms with Crippen molar-refractivity contribution in [3.05, 3.63) is 0 Å². The zero-order chi connectivity index (χ0) is 15.3. The summed E-state index contributed by atoms with van der Waals surface area (Å²) in [6, 6.07) is -1.68. The molecule has 2 unspecified atom stereocenters. The molecule has 1 saturated carbocycles. The fourth-order valence-electron chi connectivity index (χ4n) is 2.27. The van der Waals surface area contributed by atoms with Gasteiger partial charge in [0.25, 0.3) is 0 Å². The van der Waals surface area contributed by atoms with Crippen LogP contribution in [-0.2, 0) is 4.79 Å². The van der Waals surface area contributed by atoms with Crippen molar-refractivity contribution >= 4 is 12.0 Å². The van der Waals surface area contributed by atoms with Gasteiger partial charge >= 0.3 is 18.2 Å². The Morgan fingerprint density at radius 2 is 1.95 bits per heavy atom. The molecule has 0 aliphatic heterocycles. The molecule has 0 aromatic carbocycles. The summed E-state index contributed by atoms with van der Waals surface area (Å²) >= 11 is 0. The number of hydrogen-bond acceptors (Lipinski definition) is 3. The number of halogens is 3. The first-order valence-electron chi connectivity index (χ1n) is 6.20. The van der Waals surface area contributed by atoms with Crippen molar-refractivity contribution in [1.82, 2.24) is 10.2 Å². The summed E-state index contributed by atoms with van der Waals surface area (Å²) in [6.07, 6.45) is -3.17. The van der Waals surface area contributed by atoms with E-state index in [0.29, 0.717) is 24.2 Å². The van der Waals surface area contributed by atoms with Crippen LogP contribution in [-0.4, -0.2) is 59.0 Å². The molecule has 0 aromatic heterocycles. The highest BCUT2D eigenvalue weighted by atomic mass is 19.4. The lowest BCUT2D eigenvalue weighted by Crippen LogP contribution is -2.50. The van der Waals surface area contributed by atoms with Crippen LogP contribution in [0.1, 0.15) is 19.3 Å². The number of nitrogens with one attached hydrogen (secondary N) is 1. The molecule has 0 spiro atoms. The predicted octanol–water partition coefficient (Wildman–Crippen LogP) is 0.806. The number of amides is 2. The van der Waals surface area contributed by atoms with Gasteiger partial charge in [0.2, 0.25) is 0 Å². The average molecular weight is 298 g/mol. The summed E-state index contributed by atoms with van der Waals surface area (Å²) in [5, 5.41) is 20.0. The summed E-state index contributed by atoms with van der Waals surface area (Å²) in [5.74, 6) is -1.85. The zero-order valence-corrected chi connectivity index (χ0v) is 10.7. The third-order valence-electron chi connectivity index (χ3n) is 3.17. The standard InChI is InChI=1S/C11H17F3N2O4/c12-11(13,14)6-16(4-5-17)10(20)15-8-3-1-2-7(8)9(18)19/h7-8,17H,1-6H2,(H,15,20)(H,18,19). The Morgan fingerprint density at radius 1 is 1.30 bits per heavy atom. The minimum Gasteiger partial charge on any atom is -0.481 e. The number of carboxylic acid groups (broad SMARTS) is 1. The highest BCUT2D eigenvalue weighted by molar-refractivity contribution is 5.77. The molecular formula is C11H17F3N2O4. The Labute approximate surface area is 113 Å². The van der Waals surface area contributed by atoms with Crippen molar-refractivity contribution in [3.8, 4) is 0 Å². The van der Waals surface area contributed by atoms with Gasteiger partial charge in [-0.25, -0.2) is 4.79 Å². The lowest BCUT2D eigenvalue weighted by atomic mass is 10.0. The van der Waals surface area contributed by atoms with Crippen molar-refractivity contribution < 1.29 is 33.0 Å². The molecule has 2 atom stereocenters. The molecule has 0 saturated heterocycles. The van der Waals surface area contributed by atoms with E-state index in [9.17, 15) is 22.8 Å². The van der Waals surface area contributed by atoms with Gasteiger partial charge < -0.3 is 20.4 Å². The first-order chi connectivity index (χ1) is 9.24. The molecule has 1 aliphatic rings. The van der Waals surface area contributed by atoms with Crippen LogP contribution < -0.4 is 5.32 Å². The molecule has 1 rings (SSSR count). The number of alkyl halides is 3. The molecule has 116 valence electrons. The first-order valence-corrected chi connectivity index (χ1v) is 6.20. The maximum atomic E-state index is 12.3. The van der Waals surface area contributed by atoms with Crippen LogP contribution in [0.4, 0.5) is 18.0 Å². The van der Waals surface area contributed by atoms with E-state index in [4.69, 9.17) is 10.2 Å². The number of rotatable bonds is 5. The van der Waals surface area contributed by atoms with Crippen molar-refractivity contribution in [2.45, 2.75) is 31.5 Å². The molecular weight excluding hydrogens is 281 g/mol. The fourth-order valence-corrected chi connectivity index (χ4v) is 2.27. The van der Waals surface area contributed by atoms with Gasteiger partial charge in [-0.3, -0.25) is 4.79 Å². The van der Waals surface area contributed by atoms with Crippen LogP contribution in [0.2, 0.25) is 0 Å². The lowest BCUT2D eigenvalue weighted by molar-refractivity contribution is -0.143. The third-order valence-corrected chi connectivity index (χ3v) is 3.17. The zero-order valence-electron chi connectivity index (χ0n) is 10.7. The molecule has 1 fully saturated rings. The number of hydrogen-bond donors (Lipinski definition) is 3. The van der Waals surface area contributed by atoms with E-state index < -0.39 is 49.8 Å². The van der Waals surface area contributed by atoms with E-state index in [-0.39, 0.29) is 0 Å². The second-order valence-corrected chi connectivity index (χ2v) is 4.69. The van der Waals surface area contributed by atoms with Crippen molar-refractivity contribution in [2.75, 3.05) is 19.7 Å². The Morgan fingerprint density at radius 3 is 2.45 bits per heavy atom. The summed E-state index contributed by atoms with van der Waals surface area (Å²) in [7, 11) is 0. The summed E-state index contributed by atoms with van der Waals surface area (Å²) in [6.45, 7) is -2.55. The van der Waals surface area contributed by atoms with Gasteiger partial charge in [0.05, 0.1) is 12.5 Å². The van der Waals surface area contributed by atoms with Gasteiger partial charge in [-0.1, -0.05) is 6.42 Å². The molecule has 1 aliphatic carbocycles. The number of aliphatic hydroxyl groups is 1. The quantitative estimate of drug-likeness (QED) is 0.700. The largest absolute Gasteiger partial charge is 0.481 e. The molecule has 20 heavy (non-hydrogen) atoms. The highest BCUT2D eigenvalue weighted by Crippen LogP contribution is 2.26. The number of aliphatic carboxylic acids is 1. The maximum Gasteiger partial charge on any atom is 0.406 e. The van der Waals surface area contributed by atoms with Crippen molar-refractivity contribution in [3.63, 3.8) is 0 Å². The monoisotopic (exact) mass is 298 g/mol. The second-order valence-electron chi connectivity index (χ2n) is 4.69. The minimum atomic E-state index is -4.58.